The molecule has 0 aromatic rings. The van der Waals surface area contributed by atoms with Gasteiger partial charge in [-0.25, -0.2) is 0 Å². The van der Waals surface area contributed by atoms with Crippen LogP contribution in [0.5, 0.6) is 0 Å². The van der Waals surface area contributed by atoms with E-state index in [4.69, 9.17) is 9.47 Å². The maximum absolute atomic E-state index is 5.36. The van der Waals surface area contributed by atoms with Gasteiger partial charge in [-0.1, -0.05) is 0 Å². The topological polar surface area (TPSA) is 33.7 Å². The van der Waals surface area contributed by atoms with Crippen molar-refractivity contribution in [3.8, 4) is 0 Å². The van der Waals surface area contributed by atoms with Crippen molar-refractivity contribution in [2.45, 2.75) is 12.8 Å². The second-order valence-electron chi connectivity index (χ2n) is 4.56. The zero-order valence-corrected chi connectivity index (χ0v) is 10.7. The van der Waals surface area contributed by atoms with Gasteiger partial charge < -0.3 is 19.7 Å². The molecule has 1 aliphatic heterocycles. The van der Waals surface area contributed by atoms with Crippen molar-refractivity contribution in [3.63, 3.8) is 0 Å². The van der Waals surface area contributed by atoms with E-state index in [1.165, 1.54) is 19.4 Å². The average Bonchev–Trinajstić information content (AvgIpc) is 2.30. The van der Waals surface area contributed by atoms with Crippen LogP contribution in [0.15, 0.2) is 0 Å². The molecule has 0 bridgehead atoms. The van der Waals surface area contributed by atoms with Gasteiger partial charge in [0, 0.05) is 46.5 Å². The third-order valence-electron chi connectivity index (χ3n) is 3.06. The first-order chi connectivity index (χ1) is 7.83. The van der Waals surface area contributed by atoms with Crippen LogP contribution in [0.1, 0.15) is 12.8 Å². The monoisotopic (exact) mass is 230 g/mol. The molecule has 1 saturated heterocycles. The fourth-order valence-electron chi connectivity index (χ4n) is 2.03. The Morgan fingerprint density at radius 1 is 1.31 bits per heavy atom. The second kappa shape index (κ2) is 8.93. The van der Waals surface area contributed by atoms with Crippen LogP contribution in [0.4, 0.5) is 0 Å². The fraction of sp³-hybridized carbons (Fsp3) is 1.00. The summed E-state index contributed by atoms with van der Waals surface area (Å²) in [5.41, 5.74) is 0. The number of methoxy groups -OCH3 is 1. The summed E-state index contributed by atoms with van der Waals surface area (Å²) in [7, 11) is 3.94. The van der Waals surface area contributed by atoms with Crippen LogP contribution in [-0.2, 0) is 9.47 Å². The third-order valence-corrected chi connectivity index (χ3v) is 3.06. The molecule has 0 aromatic carbocycles. The van der Waals surface area contributed by atoms with Crippen molar-refractivity contribution in [1.82, 2.24) is 10.2 Å². The minimum Gasteiger partial charge on any atom is -0.383 e. The van der Waals surface area contributed by atoms with Crippen molar-refractivity contribution >= 4 is 0 Å². The number of hydrogen-bond donors (Lipinski definition) is 1. The molecule has 0 amide bonds. The van der Waals surface area contributed by atoms with Gasteiger partial charge >= 0.3 is 0 Å². The molecule has 4 nitrogen and oxygen atoms in total. The maximum atomic E-state index is 5.36. The van der Waals surface area contributed by atoms with Gasteiger partial charge in [0.1, 0.15) is 0 Å². The van der Waals surface area contributed by atoms with Crippen LogP contribution in [0.25, 0.3) is 0 Å². The van der Waals surface area contributed by atoms with Crippen molar-refractivity contribution in [1.29, 1.82) is 0 Å². The summed E-state index contributed by atoms with van der Waals surface area (Å²) < 4.78 is 10.3. The minimum atomic E-state index is 0.795. The summed E-state index contributed by atoms with van der Waals surface area (Å²) in [4.78, 5) is 2.41. The lowest BCUT2D eigenvalue weighted by atomic mass is 10.00. The van der Waals surface area contributed by atoms with Gasteiger partial charge in [-0.05, 0) is 25.8 Å². The molecule has 0 radical (unpaired) electrons. The molecular weight excluding hydrogens is 204 g/mol. The normalized spacial score (nSPS) is 18.2. The molecule has 0 aromatic heterocycles. The predicted octanol–water partition coefficient (Wildman–Crippen LogP) is 0.581. The summed E-state index contributed by atoms with van der Waals surface area (Å²) in [6.07, 6.45) is 2.45. The molecule has 0 aliphatic carbocycles. The first-order valence-electron chi connectivity index (χ1n) is 6.29. The molecule has 0 saturated carbocycles. The molecule has 1 heterocycles. The Morgan fingerprint density at radius 2 is 2.06 bits per heavy atom. The summed E-state index contributed by atoms with van der Waals surface area (Å²) >= 11 is 0. The molecular formula is C12H26N2O2. The highest BCUT2D eigenvalue weighted by atomic mass is 16.5. The number of nitrogens with one attached hydrogen (secondary N) is 1. The van der Waals surface area contributed by atoms with Gasteiger partial charge in [0.15, 0.2) is 0 Å². The van der Waals surface area contributed by atoms with Crippen LogP contribution in [0.3, 0.4) is 0 Å². The highest BCUT2D eigenvalue weighted by Gasteiger charge is 2.15. The minimum absolute atomic E-state index is 0.795. The smallest absolute Gasteiger partial charge is 0.0587 e. The Bertz CT molecular complexity index is 161. The highest BCUT2D eigenvalue weighted by molar-refractivity contribution is 4.67. The molecule has 16 heavy (non-hydrogen) atoms. The van der Waals surface area contributed by atoms with E-state index in [0.29, 0.717) is 0 Å². The Kier molecular flexibility index (Phi) is 7.76. The van der Waals surface area contributed by atoms with Gasteiger partial charge in [-0.15, -0.1) is 0 Å². The second-order valence-corrected chi connectivity index (χ2v) is 4.56. The fourth-order valence-corrected chi connectivity index (χ4v) is 2.03. The predicted molar refractivity (Wildman–Crippen MR) is 65.8 cm³/mol. The molecule has 1 rings (SSSR count). The Hall–Kier alpha value is -0.160. The molecule has 96 valence electrons. The highest BCUT2D eigenvalue weighted by Crippen LogP contribution is 2.15. The SMILES string of the molecule is COCCNCCN(C)CC1CCOCC1. The third kappa shape index (κ3) is 6.43. The van der Waals surface area contributed by atoms with E-state index in [2.05, 4.69) is 17.3 Å². The molecule has 4 heteroatoms. The van der Waals surface area contributed by atoms with Crippen molar-refractivity contribution in [2.24, 2.45) is 5.92 Å². The van der Waals surface area contributed by atoms with E-state index in [0.717, 1.165) is 45.4 Å². The summed E-state index contributed by atoms with van der Waals surface area (Å²) in [6.45, 7) is 7.00. The van der Waals surface area contributed by atoms with E-state index in [9.17, 15) is 0 Å². The van der Waals surface area contributed by atoms with E-state index in [-0.39, 0.29) is 0 Å². The molecule has 1 aliphatic rings. The lowest BCUT2D eigenvalue weighted by Gasteiger charge is -2.27. The Balaban J connectivity index is 1.95. The summed E-state index contributed by atoms with van der Waals surface area (Å²) in [5, 5.41) is 3.36. The van der Waals surface area contributed by atoms with Crippen molar-refractivity contribution < 1.29 is 9.47 Å². The summed E-state index contributed by atoms with van der Waals surface area (Å²) in [5.74, 6) is 0.831. The zero-order chi connectivity index (χ0) is 11.6. The molecule has 0 spiro atoms. The molecule has 1 N–H and O–H groups in total. The lowest BCUT2D eigenvalue weighted by molar-refractivity contribution is 0.0558. The van der Waals surface area contributed by atoms with Gasteiger partial charge in [0.05, 0.1) is 6.61 Å². The van der Waals surface area contributed by atoms with Gasteiger partial charge in [-0.3, -0.25) is 0 Å². The van der Waals surface area contributed by atoms with Crippen molar-refractivity contribution in [3.05, 3.63) is 0 Å². The first-order valence-corrected chi connectivity index (χ1v) is 6.29. The van der Waals surface area contributed by atoms with E-state index in [1.54, 1.807) is 7.11 Å². The number of hydrogen-bond acceptors (Lipinski definition) is 4. The quantitative estimate of drug-likeness (QED) is 0.619. The molecule has 0 unspecified atom stereocenters. The first kappa shape index (κ1) is 13.9. The molecule has 0 atom stereocenters. The Labute approximate surface area is 99.3 Å². The molecule has 1 fully saturated rings. The Morgan fingerprint density at radius 3 is 2.75 bits per heavy atom. The number of nitrogens with zero attached hydrogens (tertiary/aromatic N) is 1. The van der Waals surface area contributed by atoms with Crippen LogP contribution < -0.4 is 5.32 Å². The van der Waals surface area contributed by atoms with Crippen LogP contribution >= 0.6 is 0 Å². The number of rotatable bonds is 8. The van der Waals surface area contributed by atoms with Crippen LogP contribution in [0, 0.1) is 5.92 Å². The maximum Gasteiger partial charge on any atom is 0.0587 e. The van der Waals surface area contributed by atoms with Crippen LogP contribution in [-0.4, -0.2) is 65.1 Å². The lowest BCUT2D eigenvalue weighted by Crippen LogP contribution is -2.35. The zero-order valence-electron chi connectivity index (χ0n) is 10.7. The van der Waals surface area contributed by atoms with Gasteiger partial charge in [0.25, 0.3) is 0 Å². The van der Waals surface area contributed by atoms with E-state index in [1.807, 2.05) is 0 Å². The largest absolute Gasteiger partial charge is 0.383 e. The van der Waals surface area contributed by atoms with Crippen LogP contribution in [0.2, 0.25) is 0 Å². The summed E-state index contributed by atoms with van der Waals surface area (Å²) in [6, 6.07) is 0. The van der Waals surface area contributed by atoms with Gasteiger partial charge in [-0.2, -0.15) is 0 Å². The number of ether oxygens (including phenoxy) is 2. The number of likely N-dealkylation sites (N-methyl/N-ethyl adjacent to an activating group) is 1. The van der Waals surface area contributed by atoms with E-state index >= 15 is 0 Å². The van der Waals surface area contributed by atoms with E-state index < -0.39 is 0 Å². The standard InChI is InChI=1S/C12H26N2O2/c1-14(7-5-13-6-10-15-2)11-12-3-8-16-9-4-12/h12-13H,3-11H2,1-2H3. The average molecular weight is 230 g/mol. The van der Waals surface area contributed by atoms with Gasteiger partial charge in [0.2, 0.25) is 0 Å². The van der Waals surface area contributed by atoms with Crippen molar-refractivity contribution in [2.75, 3.05) is 60.2 Å².